The van der Waals surface area contributed by atoms with E-state index in [1.54, 1.807) is 24.3 Å². The summed E-state index contributed by atoms with van der Waals surface area (Å²) in [6.45, 7) is 0. The molecule has 4 rings (SSSR count). The molecule has 0 fully saturated rings. The SMILES string of the molecule is Nc1nonc1-n1nnc(-c2ccccc2)c1C(=O)c1ccccc1. The fourth-order valence-corrected chi connectivity index (χ4v) is 2.49. The zero-order valence-electron chi connectivity index (χ0n) is 12.9. The molecule has 0 amide bonds. The van der Waals surface area contributed by atoms with E-state index in [-0.39, 0.29) is 23.1 Å². The molecule has 25 heavy (non-hydrogen) atoms. The van der Waals surface area contributed by atoms with Crippen molar-refractivity contribution in [1.82, 2.24) is 25.3 Å². The first kappa shape index (κ1) is 14.8. The van der Waals surface area contributed by atoms with Crippen molar-refractivity contribution in [3.63, 3.8) is 0 Å². The van der Waals surface area contributed by atoms with Crippen molar-refractivity contribution in [2.24, 2.45) is 0 Å². The molecule has 2 aromatic carbocycles. The molecule has 0 saturated carbocycles. The average Bonchev–Trinajstić information content (AvgIpc) is 3.28. The van der Waals surface area contributed by atoms with Gasteiger partial charge in [-0.1, -0.05) is 65.9 Å². The Morgan fingerprint density at radius 2 is 1.64 bits per heavy atom. The average molecular weight is 332 g/mol. The number of nitrogens with zero attached hydrogens (tertiary/aromatic N) is 5. The molecule has 0 aliphatic rings. The highest BCUT2D eigenvalue weighted by molar-refractivity contribution is 6.11. The van der Waals surface area contributed by atoms with Gasteiger partial charge in [-0.2, -0.15) is 4.68 Å². The van der Waals surface area contributed by atoms with Crippen LogP contribution in [-0.2, 0) is 0 Å². The number of nitrogen functional groups attached to an aromatic ring is 1. The highest BCUT2D eigenvalue weighted by Crippen LogP contribution is 2.26. The fourth-order valence-electron chi connectivity index (χ4n) is 2.49. The minimum absolute atomic E-state index is 0.0200. The van der Waals surface area contributed by atoms with Crippen molar-refractivity contribution >= 4 is 11.6 Å². The highest BCUT2D eigenvalue weighted by Gasteiger charge is 2.26. The first-order valence-electron chi connectivity index (χ1n) is 7.45. The van der Waals surface area contributed by atoms with E-state index >= 15 is 0 Å². The minimum atomic E-state index is -0.258. The van der Waals surface area contributed by atoms with E-state index in [0.717, 1.165) is 5.56 Å². The summed E-state index contributed by atoms with van der Waals surface area (Å²) in [5.74, 6) is -0.118. The lowest BCUT2D eigenvalue weighted by Gasteiger charge is -2.05. The second kappa shape index (κ2) is 6.00. The van der Waals surface area contributed by atoms with Gasteiger partial charge in [0.05, 0.1) is 0 Å². The van der Waals surface area contributed by atoms with E-state index in [1.807, 2.05) is 36.4 Å². The zero-order chi connectivity index (χ0) is 17.2. The number of hydrogen-bond acceptors (Lipinski definition) is 7. The maximum absolute atomic E-state index is 13.1. The van der Waals surface area contributed by atoms with Crippen molar-refractivity contribution in [2.45, 2.75) is 0 Å². The Kier molecular flexibility index (Phi) is 3.55. The van der Waals surface area contributed by atoms with Gasteiger partial charge in [-0.3, -0.25) is 4.79 Å². The molecular weight excluding hydrogens is 320 g/mol. The van der Waals surface area contributed by atoms with Crippen LogP contribution in [0.3, 0.4) is 0 Å². The molecule has 8 heteroatoms. The van der Waals surface area contributed by atoms with Gasteiger partial charge in [-0.25, -0.2) is 4.63 Å². The lowest BCUT2D eigenvalue weighted by Crippen LogP contribution is -2.12. The molecule has 122 valence electrons. The Labute approximate surface area is 141 Å². The lowest BCUT2D eigenvalue weighted by molar-refractivity contribution is 0.103. The number of hydrogen-bond donors (Lipinski definition) is 1. The van der Waals surface area contributed by atoms with Crippen LogP contribution < -0.4 is 5.73 Å². The maximum atomic E-state index is 13.1. The van der Waals surface area contributed by atoms with Gasteiger partial charge in [0.25, 0.3) is 0 Å². The number of ketones is 1. The molecule has 0 aliphatic heterocycles. The molecule has 8 nitrogen and oxygen atoms in total. The number of benzene rings is 2. The quantitative estimate of drug-likeness (QED) is 0.569. The van der Waals surface area contributed by atoms with Gasteiger partial charge in [0.2, 0.25) is 17.4 Å². The van der Waals surface area contributed by atoms with E-state index < -0.39 is 0 Å². The smallest absolute Gasteiger partial charge is 0.244 e. The van der Waals surface area contributed by atoms with Gasteiger partial charge in [0, 0.05) is 11.1 Å². The van der Waals surface area contributed by atoms with E-state index in [9.17, 15) is 4.79 Å². The number of carbonyl (C=O) groups is 1. The normalized spacial score (nSPS) is 10.7. The summed E-state index contributed by atoms with van der Waals surface area (Å²) in [7, 11) is 0. The summed E-state index contributed by atoms with van der Waals surface area (Å²) in [5.41, 5.74) is 7.68. The second-order valence-corrected chi connectivity index (χ2v) is 5.23. The predicted octanol–water partition coefficient (Wildman–Crippen LogP) is 2.13. The molecule has 2 aromatic heterocycles. The number of rotatable bonds is 4. The molecule has 2 N–H and O–H groups in total. The molecule has 0 atom stereocenters. The van der Waals surface area contributed by atoms with Crippen molar-refractivity contribution in [2.75, 3.05) is 5.73 Å². The Bertz CT molecular complexity index is 1020. The zero-order valence-corrected chi connectivity index (χ0v) is 12.9. The van der Waals surface area contributed by atoms with Crippen LogP contribution in [0.25, 0.3) is 17.1 Å². The molecule has 0 unspecified atom stereocenters. The monoisotopic (exact) mass is 332 g/mol. The lowest BCUT2D eigenvalue weighted by atomic mass is 10.0. The Morgan fingerprint density at radius 1 is 0.960 bits per heavy atom. The van der Waals surface area contributed by atoms with Crippen molar-refractivity contribution in [3.05, 3.63) is 71.9 Å². The third-order valence-electron chi connectivity index (χ3n) is 3.66. The summed E-state index contributed by atoms with van der Waals surface area (Å²) in [4.78, 5) is 13.1. The molecule has 0 saturated heterocycles. The Hall–Kier alpha value is -3.81. The van der Waals surface area contributed by atoms with Gasteiger partial charge >= 0.3 is 0 Å². The van der Waals surface area contributed by atoms with E-state index in [0.29, 0.717) is 11.3 Å². The molecule has 0 bridgehead atoms. The van der Waals surface area contributed by atoms with Gasteiger partial charge < -0.3 is 5.73 Å². The fraction of sp³-hybridized carbons (Fsp3) is 0. The molecule has 0 aliphatic carbocycles. The molecule has 0 spiro atoms. The van der Waals surface area contributed by atoms with Gasteiger partial charge in [0.1, 0.15) is 11.4 Å². The Balaban J connectivity index is 1.94. The van der Waals surface area contributed by atoms with Crippen LogP contribution in [0.4, 0.5) is 5.82 Å². The molecule has 2 heterocycles. The van der Waals surface area contributed by atoms with Gasteiger partial charge in [-0.05, 0) is 10.3 Å². The van der Waals surface area contributed by atoms with E-state index in [4.69, 9.17) is 5.73 Å². The number of carbonyl (C=O) groups excluding carboxylic acids is 1. The van der Waals surface area contributed by atoms with Crippen molar-refractivity contribution < 1.29 is 9.42 Å². The summed E-state index contributed by atoms with van der Waals surface area (Å²) >= 11 is 0. The van der Waals surface area contributed by atoms with Gasteiger partial charge in [-0.15, -0.1) is 5.10 Å². The third kappa shape index (κ3) is 2.55. The largest absolute Gasteiger partial charge is 0.378 e. The van der Waals surface area contributed by atoms with Crippen LogP contribution in [0.15, 0.2) is 65.3 Å². The highest BCUT2D eigenvalue weighted by atomic mass is 16.6. The van der Waals surface area contributed by atoms with Crippen LogP contribution in [0.1, 0.15) is 16.1 Å². The first-order chi connectivity index (χ1) is 12.3. The summed E-state index contributed by atoms with van der Waals surface area (Å²) < 4.78 is 5.88. The maximum Gasteiger partial charge on any atom is 0.244 e. The number of anilines is 1. The predicted molar refractivity (Wildman–Crippen MR) is 88.9 cm³/mol. The summed E-state index contributed by atoms with van der Waals surface area (Å²) in [6.07, 6.45) is 0. The van der Waals surface area contributed by atoms with Gasteiger partial charge in [0.15, 0.2) is 0 Å². The first-order valence-corrected chi connectivity index (χ1v) is 7.45. The van der Waals surface area contributed by atoms with Crippen LogP contribution in [0.2, 0.25) is 0 Å². The Morgan fingerprint density at radius 3 is 2.28 bits per heavy atom. The van der Waals surface area contributed by atoms with Crippen LogP contribution in [0.5, 0.6) is 0 Å². The molecule has 4 aromatic rings. The van der Waals surface area contributed by atoms with Crippen LogP contribution >= 0.6 is 0 Å². The third-order valence-corrected chi connectivity index (χ3v) is 3.66. The van der Waals surface area contributed by atoms with E-state index in [1.165, 1.54) is 4.68 Å². The molecular formula is C17H12N6O2. The summed E-state index contributed by atoms with van der Waals surface area (Å²) in [5, 5.41) is 15.5. The molecule has 0 radical (unpaired) electrons. The topological polar surface area (TPSA) is 113 Å². The van der Waals surface area contributed by atoms with Crippen molar-refractivity contribution in [3.8, 4) is 17.1 Å². The van der Waals surface area contributed by atoms with Crippen molar-refractivity contribution in [1.29, 1.82) is 0 Å². The van der Waals surface area contributed by atoms with Crippen LogP contribution in [0, 0.1) is 0 Å². The minimum Gasteiger partial charge on any atom is -0.378 e. The number of nitrogens with two attached hydrogens (primary N) is 1. The second-order valence-electron chi connectivity index (χ2n) is 5.23. The van der Waals surface area contributed by atoms with E-state index in [2.05, 4.69) is 25.3 Å². The number of aromatic nitrogens is 5. The standard InChI is InChI=1S/C17H12N6O2/c18-16-17(21-25-20-16)23-14(15(24)12-9-5-2-6-10-12)13(19-22-23)11-7-3-1-4-8-11/h1-10H,(H2,18,20). The summed E-state index contributed by atoms with van der Waals surface area (Å²) in [6, 6.07) is 18.1. The van der Waals surface area contributed by atoms with Crippen LogP contribution in [-0.4, -0.2) is 31.1 Å².